The molecule has 0 saturated heterocycles. The van der Waals surface area contributed by atoms with Gasteiger partial charge in [0.15, 0.2) is 23.2 Å². The van der Waals surface area contributed by atoms with Crippen LogP contribution in [0.15, 0.2) is 41.6 Å². The number of methoxy groups -OCH3 is 2. The molecule has 3 rings (SSSR count). The average molecular weight is 491 g/mol. The predicted molar refractivity (Wildman–Crippen MR) is 102 cm³/mol. The van der Waals surface area contributed by atoms with Crippen molar-refractivity contribution in [1.82, 2.24) is 0 Å². The molecule has 0 N–H and O–H groups in total. The van der Waals surface area contributed by atoms with Crippen molar-refractivity contribution in [3.8, 4) is 11.5 Å². The zero-order valence-electron chi connectivity index (χ0n) is 17.5. The first-order valence-corrected chi connectivity index (χ1v) is 9.26. The zero-order valence-corrected chi connectivity index (χ0v) is 17.5. The van der Waals surface area contributed by atoms with Crippen molar-refractivity contribution < 1.29 is 54.9 Å². The Bertz CT molecular complexity index is 1140. The molecule has 0 aliphatic carbocycles. The van der Waals surface area contributed by atoms with E-state index in [1.54, 1.807) is 0 Å². The fourth-order valence-electron chi connectivity index (χ4n) is 3.04. The van der Waals surface area contributed by atoms with E-state index in [0.29, 0.717) is 6.07 Å². The van der Waals surface area contributed by atoms with Gasteiger partial charge in [-0.2, -0.15) is 13.2 Å². The molecule has 0 fully saturated rings. The van der Waals surface area contributed by atoms with Crippen LogP contribution in [0.3, 0.4) is 0 Å². The van der Waals surface area contributed by atoms with Gasteiger partial charge in [-0.05, 0) is 24.3 Å². The predicted octanol–water partition coefficient (Wildman–Crippen LogP) is 4.31. The molecular weight excluding hydrogens is 476 g/mol. The number of esters is 2. The fourth-order valence-corrected chi connectivity index (χ4v) is 3.04. The van der Waals surface area contributed by atoms with Gasteiger partial charge in [0.05, 0.1) is 37.7 Å². The topological polar surface area (TPSA) is 74.3 Å². The monoisotopic (exact) mass is 491 g/mol. The number of rotatable bonds is 5. The van der Waals surface area contributed by atoms with Crippen LogP contribution in [-0.2, 0) is 30.0 Å². The minimum Gasteiger partial charge on any atom is -0.466 e. The van der Waals surface area contributed by atoms with Gasteiger partial charge in [-0.25, -0.2) is 22.8 Å². The second-order valence-corrected chi connectivity index (χ2v) is 6.70. The first-order valence-electron chi connectivity index (χ1n) is 9.26. The number of ether oxygens (including phenoxy) is 4. The Morgan fingerprint density at radius 1 is 0.941 bits per heavy atom. The molecule has 2 aromatic carbocycles. The summed E-state index contributed by atoms with van der Waals surface area (Å²) in [5, 5.41) is 0. The third-order valence-electron chi connectivity index (χ3n) is 4.59. The maximum absolute atomic E-state index is 14.9. The van der Waals surface area contributed by atoms with Gasteiger partial charge < -0.3 is 23.8 Å². The van der Waals surface area contributed by atoms with Gasteiger partial charge in [0.1, 0.15) is 18.2 Å². The van der Waals surface area contributed by atoms with Crippen LogP contribution in [0.2, 0.25) is 0 Å². The molecule has 13 heteroatoms. The molecule has 1 heterocycles. The van der Waals surface area contributed by atoms with Crippen molar-refractivity contribution in [1.29, 1.82) is 0 Å². The van der Waals surface area contributed by atoms with E-state index in [4.69, 9.17) is 9.47 Å². The molecular formula is C21H15F6NO6. The summed E-state index contributed by atoms with van der Waals surface area (Å²) < 4.78 is 100. The maximum Gasteiger partial charge on any atom is 0.416 e. The lowest BCUT2D eigenvalue weighted by molar-refractivity contribution is -0.140. The van der Waals surface area contributed by atoms with E-state index >= 15 is 0 Å². The molecule has 34 heavy (non-hydrogen) atoms. The van der Waals surface area contributed by atoms with Crippen LogP contribution in [0.25, 0.3) is 0 Å². The lowest BCUT2D eigenvalue weighted by Gasteiger charge is -2.31. The highest BCUT2D eigenvalue weighted by molar-refractivity contribution is 6.03. The molecule has 182 valence electrons. The van der Waals surface area contributed by atoms with Crippen molar-refractivity contribution in [2.45, 2.75) is 6.18 Å². The van der Waals surface area contributed by atoms with Crippen LogP contribution in [-0.4, -0.2) is 39.5 Å². The molecule has 0 amide bonds. The van der Waals surface area contributed by atoms with Gasteiger partial charge in [-0.15, -0.1) is 0 Å². The van der Waals surface area contributed by atoms with Gasteiger partial charge in [-0.3, -0.25) is 0 Å². The summed E-state index contributed by atoms with van der Waals surface area (Å²) in [4.78, 5) is 25.3. The molecule has 2 aromatic rings. The van der Waals surface area contributed by atoms with Gasteiger partial charge in [0, 0.05) is 6.07 Å². The van der Waals surface area contributed by atoms with Crippen molar-refractivity contribution in [3.05, 3.63) is 64.6 Å². The lowest BCUT2D eigenvalue weighted by atomic mass is 10.1. The maximum atomic E-state index is 14.9. The number of carbonyl (C=O) groups is 2. The highest BCUT2D eigenvalue weighted by atomic mass is 19.4. The number of nitrogens with zero attached hydrogens (tertiary/aromatic N) is 1. The summed E-state index contributed by atoms with van der Waals surface area (Å²) in [7, 11) is 2.10. The van der Waals surface area contributed by atoms with E-state index in [9.17, 15) is 35.9 Å². The minimum absolute atomic E-state index is 0.0377. The summed E-state index contributed by atoms with van der Waals surface area (Å²) >= 11 is 0. The molecule has 0 bridgehead atoms. The van der Waals surface area contributed by atoms with E-state index in [2.05, 4.69) is 9.47 Å². The van der Waals surface area contributed by atoms with Crippen molar-refractivity contribution in [2.24, 2.45) is 0 Å². The molecule has 1 aliphatic heterocycles. The number of halogens is 6. The number of hydrogen-bond donors (Lipinski definition) is 0. The molecule has 0 radical (unpaired) electrons. The van der Waals surface area contributed by atoms with Crippen LogP contribution in [0.1, 0.15) is 5.56 Å². The fraction of sp³-hybridized carbons (Fsp3) is 0.238. The van der Waals surface area contributed by atoms with Crippen LogP contribution in [0.4, 0.5) is 32.0 Å². The molecule has 0 aromatic heterocycles. The Morgan fingerprint density at radius 2 is 1.56 bits per heavy atom. The number of carbonyl (C=O) groups excluding carboxylic acids is 2. The molecule has 7 nitrogen and oxygen atoms in total. The number of anilines is 1. The second kappa shape index (κ2) is 9.63. The lowest BCUT2D eigenvalue weighted by Crippen LogP contribution is -2.39. The number of alkyl halides is 3. The van der Waals surface area contributed by atoms with Crippen LogP contribution < -0.4 is 9.64 Å². The van der Waals surface area contributed by atoms with E-state index < -0.39 is 52.6 Å². The molecule has 0 saturated carbocycles. The quantitative estimate of drug-likeness (QED) is 0.456. The van der Waals surface area contributed by atoms with Crippen molar-refractivity contribution in [3.63, 3.8) is 0 Å². The normalized spacial score (nSPS) is 14.2. The average Bonchev–Trinajstić information content (AvgIpc) is 2.79. The van der Waals surface area contributed by atoms with E-state index in [1.165, 1.54) is 0 Å². The Morgan fingerprint density at radius 3 is 2.09 bits per heavy atom. The first kappa shape index (κ1) is 24.9. The molecule has 0 unspecified atom stereocenters. The van der Waals surface area contributed by atoms with E-state index in [-0.39, 0.29) is 42.4 Å². The van der Waals surface area contributed by atoms with Crippen LogP contribution >= 0.6 is 0 Å². The van der Waals surface area contributed by atoms with Gasteiger partial charge in [0.2, 0.25) is 0 Å². The number of benzene rings is 2. The summed E-state index contributed by atoms with van der Waals surface area (Å²) in [6.45, 7) is -0.687. The van der Waals surface area contributed by atoms with Crippen molar-refractivity contribution >= 4 is 17.6 Å². The Hall–Kier alpha value is -3.74. The van der Waals surface area contributed by atoms with Gasteiger partial charge in [0.25, 0.3) is 0 Å². The Labute approximate surface area is 188 Å². The summed E-state index contributed by atoms with van der Waals surface area (Å²) in [6.07, 6.45) is -4.99. The summed E-state index contributed by atoms with van der Waals surface area (Å²) in [6, 6.07) is 2.83. The third-order valence-corrected chi connectivity index (χ3v) is 4.59. The van der Waals surface area contributed by atoms with Gasteiger partial charge in [-0.1, -0.05) is 0 Å². The van der Waals surface area contributed by atoms with Gasteiger partial charge >= 0.3 is 18.1 Å². The zero-order chi connectivity index (χ0) is 25.2. The number of hydrogen-bond acceptors (Lipinski definition) is 7. The first-order chi connectivity index (χ1) is 16.0. The second-order valence-electron chi connectivity index (χ2n) is 6.70. The standard InChI is InChI=1S/C21H15F6NO6/c1-31-19(29)12-8-33-9-28(17(12)20(30)32-2)16-4-3-11(7-13(16)22)34-18-14(23)5-10(6-15(18)24)21(25,26)27/h3-7H,8-9H2,1-2H3. The molecule has 0 atom stereocenters. The van der Waals surface area contributed by atoms with Crippen LogP contribution in [0.5, 0.6) is 11.5 Å². The minimum atomic E-state index is -4.99. The smallest absolute Gasteiger partial charge is 0.416 e. The third kappa shape index (κ3) is 4.93. The molecule has 0 spiro atoms. The van der Waals surface area contributed by atoms with Crippen LogP contribution in [0, 0.1) is 17.5 Å². The summed E-state index contributed by atoms with van der Waals surface area (Å²) in [5.41, 5.74) is -2.46. The van der Waals surface area contributed by atoms with E-state index in [0.717, 1.165) is 31.3 Å². The molecule has 1 aliphatic rings. The highest BCUT2D eigenvalue weighted by Crippen LogP contribution is 2.37. The SMILES string of the molecule is COC(=O)C1=C(C(=O)OC)N(c2ccc(Oc3c(F)cc(C(F)(F)F)cc3F)cc2F)COC1. The Kier molecular flexibility index (Phi) is 7.05. The summed E-state index contributed by atoms with van der Waals surface area (Å²) in [5.74, 6) is -7.93. The van der Waals surface area contributed by atoms with E-state index in [1.807, 2.05) is 0 Å². The largest absolute Gasteiger partial charge is 0.466 e. The van der Waals surface area contributed by atoms with Crippen molar-refractivity contribution in [2.75, 3.05) is 32.5 Å². The highest BCUT2D eigenvalue weighted by Gasteiger charge is 2.35. The Balaban J connectivity index is 1.97.